The monoisotopic (exact) mass is 246 g/mol. The third-order valence-electron chi connectivity index (χ3n) is 3.85. The van der Waals surface area contributed by atoms with Crippen LogP contribution in [-0.2, 0) is 11.2 Å². The van der Waals surface area contributed by atoms with E-state index < -0.39 is 0 Å². The quantitative estimate of drug-likeness (QED) is 0.859. The summed E-state index contributed by atoms with van der Waals surface area (Å²) in [5, 5.41) is 6.30. The average molecular weight is 246 g/mol. The fourth-order valence-electron chi connectivity index (χ4n) is 2.53. The van der Waals surface area contributed by atoms with Crippen LogP contribution in [0.1, 0.15) is 25.0 Å². The maximum Gasteiger partial charge on any atom is 0.229 e. The Balaban J connectivity index is 2.07. The number of nitrogens with one attached hydrogen (secondary N) is 2. The smallest absolute Gasteiger partial charge is 0.229 e. The first-order chi connectivity index (χ1) is 8.61. The summed E-state index contributed by atoms with van der Waals surface area (Å²) in [6, 6.07) is 6.14. The largest absolute Gasteiger partial charge is 0.326 e. The van der Waals surface area contributed by atoms with Crippen molar-refractivity contribution < 1.29 is 4.79 Å². The molecule has 0 saturated carbocycles. The Labute approximate surface area is 109 Å². The summed E-state index contributed by atoms with van der Waals surface area (Å²) in [7, 11) is 0. The lowest BCUT2D eigenvalue weighted by Gasteiger charge is -2.15. The Hall–Kier alpha value is -1.35. The van der Waals surface area contributed by atoms with Crippen LogP contribution in [0.25, 0.3) is 0 Å². The number of amides is 1. The molecule has 3 nitrogen and oxygen atoms in total. The molecule has 2 atom stereocenters. The van der Waals surface area contributed by atoms with Crippen molar-refractivity contribution in [3.05, 3.63) is 29.3 Å². The van der Waals surface area contributed by atoms with Crippen LogP contribution in [-0.4, -0.2) is 19.0 Å². The first-order valence-electron chi connectivity index (χ1n) is 6.73. The molecule has 98 valence electrons. The van der Waals surface area contributed by atoms with Gasteiger partial charge in [0, 0.05) is 12.2 Å². The van der Waals surface area contributed by atoms with Gasteiger partial charge in [-0.15, -0.1) is 0 Å². The van der Waals surface area contributed by atoms with Gasteiger partial charge >= 0.3 is 0 Å². The molecule has 3 heteroatoms. The number of benzene rings is 1. The topological polar surface area (TPSA) is 41.1 Å². The van der Waals surface area contributed by atoms with Gasteiger partial charge in [0.25, 0.3) is 0 Å². The van der Waals surface area contributed by atoms with Crippen LogP contribution < -0.4 is 10.6 Å². The minimum absolute atomic E-state index is 0.0939. The number of carbonyl (C=O) groups is 1. The van der Waals surface area contributed by atoms with E-state index in [1.165, 1.54) is 11.1 Å². The van der Waals surface area contributed by atoms with E-state index in [4.69, 9.17) is 0 Å². The van der Waals surface area contributed by atoms with Crippen LogP contribution in [0.3, 0.4) is 0 Å². The summed E-state index contributed by atoms with van der Waals surface area (Å²) >= 11 is 0. The molecule has 1 aromatic rings. The van der Waals surface area contributed by atoms with Gasteiger partial charge in [-0.2, -0.15) is 0 Å². The second-order valence-electron chi connectivity index (χ2n) is 5.23. The van der Waals surface area contributed by atoms with Crippen molar-refractivity contribution in [2.24, 2.45) is 11.8 Å². The van der Waals surface area contributed by atoms with Crippen LogP contribution in [0.15, 0.2) is 18.2 Å². The first kappa shape index (κ1) is 13.1. The predicted molar refractivity (Wildman–Crippen MR) is 74.7 cm³/mol. The van der Waals surface area contributed by atoms with Crippen molar-refractivity contribution in [3.8, 4) is 0 Å². The van der Waals surface area contributed by atoms with Crippen LogP contribution in [0, 0.1) is 18.8 Å². The van der Waals surface area contributed by atoms with Gasteiger partial charge in [0.2, 0.25) is 5.91 Å². The van der Waals surface area contributed by atoms with E-state index in [-0.39, 0.29) is 11.8 Å². The zero-order valence-electron chi connectivity index (χ0n) is 11.4. The number of hydrogen-bond acceptors (Lipinski definition) is 2. The summed E-state index contributed by atoms with van der Waals surface area (Å²) in [5.41, 5.74) is 3.50. The van der Waals surface area contributed by atoms with Gasteiger partial charge in [0.1, 0.15) is 0 Å². The van der Waals surface area contributed by atoms with Crippen molar-refractivity contribution in [3.63, 3.8) is 0 Å². The summed E-state index contributed by atoms with van der Waals surface area (Å²) < 4.78 is 0. The maximum atomic E-state index is 12.2. The van der Waals surface area contributed by atoms with Crippen molar-refractivity contribution in [1.82, 2.24) is 5.32 Å². The van der Waals surface area contributed by atoms with Crippen molar-refractivity contribution in [2.75, 3.05) is 18.4 Å². The van der Waals surface area contributed by atoms with Gasteiger partial charge in [0.05, 0.1) is 5.92 Å². The zero-order chi connectivity index (χ0) is 13.1. The van der Waals surface area contributed by atoms with Crippen molar-refractivity contribution in [2.45, 2.75) is 27.2 Å². The molecule has 0 aromatic heterocycles. The van der Waals surface area contributed by atoms with Gasteiger partial charge in [-0.25, -0.2) is 0 Å². The SMILES string of the molecule is CCc1cc(NC(=O)C2CNCC2C)ccc1C. The molecule has 2 N–H and O–H groups in total. The predicted octanol–water partition coefficient (Wildman–Crippen LogP) is 2.35. The molecule has 1 aliphatic heterocycles. The molecule has 1 aliphatic rings. The highest BCUT2D eigenvalue weighted by Crippen LogP contribution is 2.20. The first-order valence-corrected chi connectivity index (χ1v) is 6.73. The summed E-state index contributed by atoms with van der Waals surface area (Å²) in [6.07, 6.45) is 0.997. The lowest BCUT2D eigenvalue weighted by molar-refractivity contribution is -0.120. The van der Waals surface area contributed by atoms with E-state index in [0.717, 1.165) is 25.2 Å². The minimum atomic E-state index is 0.0939. The lowest BCUT2D eigenvalue weighted by Crippen LogP contribution is -2.27. The summed E-state index contributed by atoms with van der Waals surface area (Å²) in [6.45, 7) is 8.09. The molecule has 0 radical (unpaired) electrons. The number of carbonyl (C=O) groups excluding carboxylic acids is 1. The second-order valence-corrected chi connectivity index (χ2v) is 5.23. The van der Waals surface area contributed by atoms with E-state index in [1.54, 1.807) is 0 Å². The molecule has 0 bridgehead atoms. The van der Waals surface area contributed by atoms with Gasteiger partial charge in [0.15, 0.2) is 0 Å². The second kappa shape index (κ2) is 5.53. The number of aryl methyl sites for hydroxylation is 2. The fraction of sp³-hybridized carbons (Fsp3) is 0.533. The third kappa shape index (κ3) is 2.72. The van der Waals surface area contributed by atoms with Crippen LogP contribution >= 0.6 is 0 Å². The van der Waals surface area contributed by atoms with E-state index >= 15 is 0 Å². The Morgan fingerprint density at radius 1 is 1.44 bits per heavy atom. The number of anilines is 1. The molecular weight excluding hydrogens is 224 g/mol. The highest BCUT2D eigenvalue weighted by Gasteiger charge is 2.29. The molecule has 0 aliphatic carbocycles. The van der Waals surface area contributed by atoms with Gasteiger partial charge in [-0.3, -0.25) is 4.79 Å². The molecule has 2 unspecified atom stereocenters. The van der Waals surface area contributed by atoms with Gasteiger partial charge < -0.3 is 10.6 Å². The molecule has 0 spiro atoms. The standard InChI is InChI=1S/C15H22N2O/c1-4-12-7-13(6-5-10(12)2)17-15(18)14-9-16-8-11(14)3/h5-7,11,14,16H,4,8-9H2,1-3H3,(H,17,18). The summed E-state index contributed by atoms with van der Waals surface area (Å²) in [5.74, 6) is 0.649. The normalized spacial score (nSPS) is 23.1. The van der Waals surface area contributed by atoms with E-state index in [9.17, 15) is 4.79 Å². The zero-order valence-corrected chi connectivity index (χ0v) is 11.4. The van der Waals surface area contributed by atoms with Gasteiger partial charge in [-0.05, 0) is 49.1 Å². The molecule has 18 heavy (non-hydrogen) atoms. The highest BCUT2D eigenvalue weighted by atomic mass is 16.1. The summed E-state index contributed by atoms with van der Waals surface area (Å²) in [4.78, 5) is 12.2. The van der Waals surface area contributed by atoms with Crippen molar-refractivity contribution in [1.29, 1.82) is 0 Å². The molecule has 1 fully saturated rings. The number of rotatable bonds is 3. The molecule has 1 saturated heterocycles. The lowest BCUT2D eigenvalue weighted by atomic mass is 9.97. The van der Waals surface area contributed by atoms with E-state index in [0.29, 0.717) is 5.92 Å². The van der Waals surface area contributed by atoms with Crippen LogP contribution in [0.2, 0.25) is 0 Å². The fourth-order valence-corrected chi connectivity index (χ4v) is 2.53. The van der Waals surface area contributed by atoms with E-state index in [2.05, 4.69) is 43.5 Å². The third-order valence-corrected chi connectivity index (χ3v) is 3.85. The Morgan fingerprint density at radius 2 is 2.22 bits per heavy atom. The maximum absolute atomic E-state index is 12.2. The van der Waals surface area contributed by atoms with Gasteiger partial charge in [-0.1, -0.05) is 19.9 Å². The molecular formula is C15H22N2O. The minimum Gasteiger partial charge on any atom is -0.326 e. The molecule has 1 aromatic carbocycles. The van der Waals surface area contributed by atoms with Crippen LogP contribution in [0.5, 0.6) is 0 Å². The Morgan fingerprint density at radius 3 is 2.83 bits per heavy atom. The van der Waals surface area contributed by atoms with Crippen LogP contribution in [0.4, 0.5) is 5.69 Å². The van der Waals surface area contributed by atoms with Crippen molar-refractivity contribution >= 4 is 11.6 Å². The van der Waals surface area contributed by atoms with E-state index in [1.807, 2.05) is 6.07 Å². The molecule has 1 amide bonds. The number of hydrogen-bond donors (Lipinski definition) is 2. The molecule has 1 heterocycles. The average Bonchev–Trinajstić information content (AvgIpc) is 2.78. The Kier molecular flexibility index (Phi) is 4.02. The molecule has 2 rings (SSSR count). The highest BCUT2D eigenvalue weighted by molar-refractivity contribution is 5.93. The Bertz CT molecular complexity index is 442.